The molecule has 0 unspecified atom stereocenters. The molecule has 0 aliphatic carbocycles. The van der Waals surface area contributed by atoms with Crippen molar-refractivity contribution < 1.29 is 13.5 Å². The maximum absolute atomic E-state index is 14.3. The van der Waals surface area contributed by atoms with Gasteiger partial charge in [-0.3, -0.25) is 5.41 Å². The van der Waals surface area contributed by atoms with Gasteiger partial charge in [-0.1, -0.05) is 59.7 Å². The van der Waals surface area contributed by atoms with Crippen molar-refractivity contribution in [1.29, 1.82) is 5.41 Å². The van der Waals surface area contributed by atoms with E-state index < -0.39 is 11.6 Å². The third-order valence-electron chi connectivity index (χ3n) is 5.83. The first-order valence-electron chi connectivity index (χ1n) is 10.6. The summed E-state index contributed by atoms with van der Waals surface area (Å²) >= 11 is 0. The smallest absolute Gasteiger partial charge is 0.203 e. The molecule has 166 valence electrons. The van der Waals surface area contributed by atoms with Gasteiger partial charge < -0.3 is 13.9 Å². The van der Waals surface area contributed by atoms with Crippen LogP contribution in [0.4, 0.5) is 8.78 Å². The highest BCUT2D eigenvalue weighted by molar-refractivity contribution is 5.76. The van der Waals surface area contributed by atoms with Crippen molar-refractivity contribution in [2.45, 2.75) is 32.9 Å². The number of rotatable bonds is 7. The van der Waals surface area contributed by atoms with Gasteiger partial charge in [0.2, 0.25) is 5.62 Å². The molecule has 3 aromatic carbocycles. The summed E-state index contributed by atoms with van der Waals surface area (Å²) < 4.78 is 37.4. The molecule has 1 N–H and O–H groups in total. The summed E-state index contributed by atoms with van der Waals surface area (Å²) in [5, 5.41) is 8.94. The summed E-state index contributed by atoms with van der Waals surface area (Å²) in [7, 11) is 1.61. The normalized spacial score (nSPS) is 12.4. The molecule has 0 bridgehead atoms. The van der Waals surface area contributed by atoms with E-state index >= 15 is 0 Å². The fourth-order valence-electron chi connectivity index (χ4n) is 4.11. The van der Waals surface area contributed by atoms with Gasteiger partial charge in [-0.25, -0.2) is 8.78 Å². The molecule has 0 aliphatic heterocycles. The molecule has 32 heavy (non-hydrogen) atoms. The van der Waals surface area contributed by atoms with Crippen LogP contribution < -0.4 is 5.62 Å². The zero-order valence-electron chi connectivity index (χ0n) is 18.5. The number of nitrogens with one attached hydrogen (secondary N) is 1. The fraction of sp³-hybridized carbons (Fsp3) is 0.269. The molecule has 1 aromatic heterocycles. The van der Waals surface area contributed by atoms with E-state index in [0.29, 0.717) is 30.6 Å². The molecule has 0 amide bonds. The lowest BCUT2D eigenvalue weighted by molar-refractivity contribution is 0.154. The molecular weight excluding hydrogens is 408 g/mol. The molecule has 4 nitrogen and oxygen atoms in total. The Balaban J connectivity index is 1.85. The summed E-state index contributed by atoms with van der Waals surface area (Å²) in [4.78, 5) is 0. The van der Waals surface area contributed by atoms with Crippen molar-refractivity contribution in [1.82, 2.24) is 9.13 Å². The molecule has 1 atom stereocenters. The number of benzene rings is 3. The number of aryl methyl sites for hydroxylation is 2. The van der Waals surface area contributed by atoms with Gasteiger partial charge in [0, 0.05) is 19.2 Å². The Morgan fingerprint density at radius 2 is 1.38 bits per heavy atom. The number of fused-ring (bicyclic) bond motifs is 1. The highest BCUT2D eigenvalue weighted by Gasteiger charge is 2.21. The van der Waals surface area contributed by atoms with Gasteiger partial charge in [-0.2, -0.15) is 0 Å². The minimum Gasteiger partial charge on any atom is -0.383 e. The first-order chi connectivity index (χ1) is 15.4. The Bertz CT molecular complexity index is 1290. The lowest BCUT2D eigenvalue weighted by Gasteiger charge is -2.19. The van der Waals surface area contributed by atoms with E-state index in [0.717, 1.165) is 22.3 Å². The number of nitrogens with zero attached hydrogens (tertiary/aromatic N) is 2. The molecule has 0 fully saturated rings. The molecule has 0 saturated heterocycles. The largest absolute Gasteiger partial charge is 0.383 e. The standard InChI is InChI=1S/C26H27F2N3O/c1-17-4-8-19(9-5-17)12-21(16-32-3)31-25-14-23(28)22(27)13-24(25)30(26(31)29)15-20-10-6-18(2)7-11-20/h4-11,13-14,21,29H,12,15-16H2,1-3H3/t21-/m0/s1. The number of hydrogen-bond acceptors (Lipinski definition) is 2. The number of aromatic nitrogens is 2. The van der Waals surface area contributed by atoms with Crippen LogP contribution in [-0.2, 0) is 17.7 Å². The van der Waals surface area contributed by atoms with Crippen LogP contribution in [0.25, 0.3) is 11.0 Å². The van der Waals surface area contributed by atoms with Crippen LogP contribution in [0.3, 0.4) is 0 Å². The minimum absolute atomic E-state index is 0.180. The van der Waals surface area contributed by atoms with E-state index in [1.807, 2.05) is 62.4 Å². The van der Waals surface area contributed by atoms with E-state index in [1.165, 1.54) is 12.1 Å². The monoisotopic (exact) mass is 435 g/mol. The third kappa shape index (κ3) is 4.36. The Hall–Kier alpha value is -3.25. The summed E-state index contributed by atoms with van der Waals surface area (Å²) in [6.07, 6.45) is 0.604. The highest BCUT2D eigenvalue weighted by atomic mass is 19.2. The minimum atomic E-state index is -0.926. The SMILES string of the molecule is COC[C@H](Cc1ccc(C)cc1)n1c(=N)n(Cc2ccc(C)cc2)c2cc(F)c(F)cc21. The molecule has 6 heteroatoms. The average molecular weight is 436 g/mol. The zero-order chi connectivity index (χ0) is 22.8. The topological polar surface area (TPSA) is 42.9 Å². The number of imidazole rings is 1. The van der Waals surface area contributed by atoms with E-state index in [4.69, 9.17) is 10.1 Å². The second-order valence-corrected chi connectivity index (χ2v) is 8.32. The Kier molecular flexibility index (Phi) is 6.24. The maximum Gasteiger partial charge on any atom is 0.203 e. The van der Waals surface area contributed by atoms with Gasteiger partial charge in [-0.15, -0.1) is 0 Å². The molecule has 4 aromatic rings. The van der Waals surface area contributed by atoms with Gasteiger partial charge in [0.05, 0.1) is 30.2 Å². The van der Waals surface area contributed by atoms with Crippen molar-refractivity contribution in [3.05, 3.63) is 100 Å². The third-order valence-corrected chi connectivity index (χ3v) is 5.83. The lowest BCUT2D eigenvalue weighted by Crippen LogP contribution is -2.31. The van der Waals surface area contributed by atoms with Crippen LogP contribution in [0.15, 0.2) is 60.7 Å². The maximum atomic E-state index is 14.3. The second-order valence-electron chi connectivity index (χ2n) is 8.32. The zero-order valence-corrected chi connectivity index (χ0v) is 18.5. The molecule has 1 heterocycles. The predicted octanol–water partition coefficient (Wildman–Crippen LogP) is 5.30. The Morgan fingerprint density at radius 1 is 0.844 bits per heavy atom. The van der Waals surface area contributed by atoms with E-state index in [9.17, 15) is 8.78 Å². The van der Waals surface area contributed by atoms with Crippen molar-refractivity contribution in [2.24, 2.45) is 0 Å². The van der Waals surface area contributed by atoms with Crippen LogP contribution in [0.2, 0.25) is 0 Å². The number of methoxy groups -OCH3 is 1. The molecule has 0 aliphatic rings. The van der Waals surface area contributed by atoms with Crippen LogP contribution in [0.1, 0.15) is 28.3 Å². The second kappa shape index (κ2) is 9.09. The predicted molar refractivity (Wildman–Crippen MR) is 122 cm³/mol. The highest BCUT2D eigenvalue weighted by Crippen LogP contribution is 2.24. The van der Waals surface area contributed by atoms with Crippen LogP contribution >= 0.6 is 0 Å². The average Bonchev–Trinajstić information content (AvgIpc) is 3.02. The van der Waals surface area contributed by atoms with E-state index in [1.54, 1.807) is 16.2 Å². The number of hydrogen-bond donors (Lipinski definition) is 1. The van der Waals surface area contributed by atoms with E-state index in [-0.39, 0.29) is 11.7 Å². The lowest BCUT2D eigenvalue weighted by atomic mass is 10.0. The molecule has 4 rings (SSSR count). The molecular formula is C26H27F2N3O. The van der Waals surface area contributed by atoms with Gasteiger partial charge in [-0.05, 0) is 31.4 Å². The Labute approximate surface area is 186 Å². The molecule has 0 radical (unpaired) electrons. The summed E-state index contributed by atoms with van der Waals surface area (Å²) in [5.41, 5.74) is 5.53. The van der Waals surface area contributed by atoms with Crippen molar-refractivity contribution in [2.75, 3.05) is 13.7 Å². The van der Waals surface area contributed by atoms with Crippen molar-refractivity contribution in [3.8, 4) is 0 Å². The summed E-state index contributed by atoms with van der Waals surface area (Å²) in [6, 6.07) is 18.3. The van der Waals surface area contributed by atoms with Crippen LogP contribution in [0, 0.1) is 30.9 Å². The quantitative estimate of drug-likeness (QED) is 0.421. The van der Waals surface area contributed by atoms with Crippen molar-refractivity contribution in [3.63, 3.8) is 0 Å². The van der Waals surface area contributed by atoms with Gasteiger partial charge >= 0.3 is 0 Å². The first-order valence-corrected chi connectivity index (χ1v) is 10.6. The molecule has 0 spiro atoms. The Morgan fingerprint density at radius 3 is 1.94 bits per heavy atom. The summed E-state index contributed by atoms with van der Waals surface area (Å²) in [6.45, 7) is 4.77. The number of halogens is 2. The summed E-state index contributed by atoms with van der Waals surface area (Å²) in [5.74, 6) is -1.85. The van der Waals surface area contributed by atoms with E-state index in [2.05, 4.69) is 0 Å². The van der Waals surface area contributed by atoms with Crippen molar-refractivity contribution >= 4 is 11.0 Å². The number of ether oxygens (including phenoxy) is 1. The van der Waals surface area contributed by atoms with Gasteiger partial charge in [0.1, 0.15) is 0 Å². The fourth-order valence-corrected chi connectivity index (χ4v) is 4.11. The first kappa shape index (κ1) is 22.0. The van der Waals surface area contributed by atoms with Gasteiger partial charge in [0.15, 0.2) is 11.6 Å². The van der Waals surface area contributed by atoms with Crippen LogP contribution in [-0.4, -0.2) is 22.9 Å². The molecule has 0 saturated carbocycles. The van der Waals surface area contributed by atoms with Gasteiger partial charge in [0.25, 0.3) is 0 Å². The van der Waals surface area contributed by atoms with Crippen LogP contribution in [0.5, 0.6) is 0 Å².